The minimum absolute atomic E-state index is 0.0927. The molecule has 4 rings (SSSR count). The van der Waals surface area contributed by atoms with Crippen LogP contribution in [-0.4, -0.2) is 14.5 Å². The molecular weight excluding hydrogens is 366 g/mol. The highest BCUT2D eigenvalue weighted by Crippen LogP contribution is 2.26. The van der Waals surface area contributed by atoms with Crippen LogP contribution in [0.4, 0.5) is 5.69 Å². The molecule has 0 aliphatic heterocycles. The van der Waals surface area contributed by atoms with Crippen molar-refractivity contribution in [2.24, 2.45) is 0 Å². The van der Waals surface area contributed by atoms with E-state index >= 15 is 0 Å². The minimum atomic E-state index is -3.76. The lowest BCUT2D eigenvalue weighted by molar-refractivity contribution is 0.210. The van der Waals surface area contributed by atoms with Gasteiger partial charge in [-0.25, -0.2) is 13.2 Å². The Labute approximate surface area is 156 Å². The highest BCUT2D eigenvalue weighted by Gasteiger charge is 2.17. The van der Waals surface area contributed by atoms with Gasteiger partial charge in [-0.15, -0.1) is 0 Å². The van der Waals surface area contributed by atoms with Gasteiger partial charge in [-0.2, -0.15) is 0 Å². The number of hydrogen-bond acceptors (Lipinski definition) is 5. The van der Waals surface area contributed by atoms with Crippen molar-refractivity contribution >= 4 is 26.7 Å². The Hall–Kier alpha value is -2.80. The molecule has 0 saturated heterocycles. The van der Waals surface area contributed by atoms with Crippen molar-refractivity contribution in [3.8, 4) is 5.75 Å². The highest BCUT2D eigenvalue weighted by molar-refractivity contribution is 7.92. The number of ether oxygens (including phenoxy) is 1. The Morgan fingerprint density at radius 3 is 2.44 bits per heavy atom. The second-order valence-corrected chi connectivity index (χ2v) is 8.29. The maximum Gasteiger partial charge on any atom is 0.336 e. The third-order valence-corrected chi connectivity index (χ3v) is 5.99. The standard InChI is InChI=1S/C20H19NO5S/c22-20-12-5-14-13-18(10-11-19(14)26-20)27(23,24)21-15-6-8-17(9-7-15)25-16-3-1-2-4-16/h5-13,16,21H,1-4H2. The third kappa shape index (κ3) is 3.98. The van der Waals surface area contributed by atoms with Crippen molar-refractivity contribution in [1.29, 1.82) is 0 Å². The molecule has 1 fully saturated rings. The summed E-state index contributed by atoms with van der Waals surface area (Å²) in [7, 11) is -3.76. The van der Waals surface area contributed by atoms with E-state index in [4.69, 9.17) is 9.15 Å². The zero-order valence-electron chi connectivity index (χ0n) is 14.6. The first-order chi connectivity index (χ1) is 13.0. The van der Waals surface area contributed by atoms with Crippen molar-refractivity contribution in [3.05, 3.63) is 65.0 Å². The molecule has 1 aromatic heterocycles. The number of sulfonamides is 1. The molecule has 1 N–H and O–H groups in total. The van der Waals surface area contributed by atoms with Gasteiger partial charge in [0, 0.05) is 17.1 Å². The lowest BCUT2D eigenvalue weighted by Crippen LogP contribution is -2.13. The molecule has 0 bridgehead atoms. The normalized spacial score (nSPS) is 15.1. The molecule has 1 aliphatic rings. The molecule has 3 aromatic rings. The molecule has 1 heterocycles. The van der Waals surface area contributed by atoms with E-state index in [1.54, 1.807) is 24.3 Å². The van der Waals surface area contributed by atoms with E-state index in [2.05, 4.69) is 4.72 Å². The van der Waals surface area contributed by atoms with Crippen molar-refractivity contribution in [1.82, 2.24) is 0 Å². The second kappa shape index (κ2) is 7.08. The number of nitrogens with one attached hydrogen (secondary N) is 1. The average molecular weight is 385 g/mol. The summed E-state index contributed by atoms with van der Waals surface area (Å²) in [5.41, 5.74) is 0.319. The van der Waals surface area contributed by atoms with Crippen molar-refractivity contribution in [2.75, 3.05) is 4.72 Å². The number of fused-ring (bicyclic) bond motifs is 1. The summed E-state index contributed by atoms with van der Waals surface area (Å²) in [4.78, 5) is 11.3. The van der Waals surface area contributed by atoms with Gasteiger partial charge in [-0.05, 0) is 74.2 Å². The van der Waals surface area contributed by atoms with Gasteiger partial charge < -0.3 is 9.15 Å². The van der Waals surface area contributed by atoms with Crippen LogP contribution in [0.3, 0.4) is 0 Å². The number of anilines is 1. The van der Waals surface area contributed by atoms with Crippen LogP contribution in [-0.2, 0) is 10.0 Å². The molecule has 0 radical (unpaired) electrons. The van der Waals surface area contributed by atoms with Crippen LogP contribution < -0.4 is 15.1 Å². The maximum atomic E-state index is 12.6. The molecule has 0 atom stereocenters. The number of rotatable bonds is 5. The van der Waals surface area contributed by atoms with Crippen molar-refractivity contribution in [2.45, 2.75) is 36.7 Å². The Morgan fingerprint density at radius 2 is 1.70 bits per heavy atom. The zero-order chi connectivity index (χ0) is 18.9. The smallest absolute Gasteiger partial charge is 0.336 e. The maximum absolute atomic E-state index is 12.6. The van der Waals surface area contributed by atoms with Crippen LogP contribution in [0.2, 0.25) is 0 Å². The molecule has 140 valence electrons. The van der Waals surface area contributed by atoms with Crippen molar-refractivity contribution < 1.29 is 17.6 Å². The van der Waals surface area contributed by atoms with E-state index in [9.17, 15) is 13.2 Å². The van der Waals surface area contributed by atoms with Gasteiger partial charge in [0.15, 0.2) is 0 Å². The van der Waals surface area contributed by atoms with Crippen LogP contribution in [0.15, 0.2) is 68.7 Å². The third-order valence-electron chi connectivity index (χ3n) is 4.61. The van der Waals surface area contributed by atoms with E-state index in [-0.39, 0.29) is 11.0 Å². The molecule has 6 nitrogen and oxygen atoms in total. The fraction of sp³-hybridized carbons (Fsp3) is 0.250. The molecular formula is C20H19NO5S. The van der Waals surface area contributed by atoms with E-state index < -0.39 is 15.6 Å². The zero-order valence-corrected chi connectivity index (χ0v) is 15.4. The van der Waals surface area contributed by atoms with Crippen LogP contribution in [0.1, 0.15) is 25.7 Å². The first kappa shape index (κ1) is 17.6. The predicted molar refractivity (Wildman–Crippen MR) is 103 cm³/mol. The summed E-state index contributed by atoms with van der Waals surface area (Å²) >= 11 is 0. The van der Waals surface area contributed by atoms with Crippen LogP contribution >= 0.6 is 0 Å². The first-order valence-corrected chi connectivity index (χ1v) is 10.3. The van der Waals surface area contributed by atoms with Gasteiger partial charge >= 0.3 is 5.63 Å². The lowest BCUT2D eigenvalue weighted by Gasteiger charge is -2.14. The van der Waals surface area contributed by atoms with Gasteiger partial charge in [-0.1, -0.05) is 0 Å². The Balaban J connectivity index is 1.52. The number of benzene rings is 2. The van der Waals surface area contributed by atoms with E-state index in [0.29, 0.717) is 16.7 Å². The molecule has 1 aliphatic carbocycles. The van der Waals surface area contributed by atoms with Gasteiger partial charge in [0.25, 0.3) is 10.0 Å². The van der Waals surface area contributed by atoms with E-state index in [0.717, 1.165) is 18.6 Å². The fourth-order valence-corrected chi connectivity index (χ4v) is 4.32. The van der Waals surface area contributed by atoms with Gasteiger partial charge in [0.05, 0.1) is 11.0 Å². The van der Waals surface area contributed by atoms with Gasteiger partial charge in [-0.3, -0.25) is 4.72 Å². The summed E-state index contributed by atoms with van der Waals surface area (Å²) in [5.74, 6) is 0.741. The average Bonchev–Trinajstić information content (AvgIpc) is 3.15. The second-order valence-electron chi connectivity index (χ2n) is 6.61. The molecule has 7 heteroatoms. The van der Waals surface area contributed by atoms with Crippen LogP contribution in [0, 0.1) is 0 Å². The van der Waals surface area contributed by atoms with E-state index in [1.807, 2.05) is 0 Å². The number of hydrogen-bond donors (Lipinski definition) is 1. The summed E-state index contributed by atoms with van der Waals surface area (Å²) in [6, 6.07) is 14.1. The topological polar surface area (TPSA) is 85.6 Å². The summed E-state index contributed by atoms with van der Waals surface area (Å²) in [6.07, 6.45) is 4.77. The lowest BCUT2D eigenvalue weighted by atomic mass is 10.2. The summed E-state index contributed by atoms with van der Waals surface area (Å²) in [6.45, 7) is 0. The first-order valence-electron chi connectivity index (χ1n) is 8.83. The monoisotopic (exact) mass is 385 g/mol. The quantitative estimate of drug-likeness (QED) is 0.673. The van der Waals surface area contributed by atoms with Gasteiger partial charge in [0.1, 0.15) is 11.3 Å². The fourth-order valence-electron chi connectivity index (χ4n) is 3.23. The Bertz CT molecular complexity index is 1110. The van der Waals surface area contributed by atoms with Crippen LogP contribution in [0.5, 0.6) is 5.75 Å². The van der Waals surface area contributed by atoms with Crippen molar-refractivity contribution in [3.63, 3.8) is 0 Å². The molecule has 1 saturated carbocycles. The molecule has 0 amide bonds. The largest absolute Gasteiger partial charge is 0.490 e. The molecule has 2 aromatic carbocycles. The molecule has 27 heavy (non-hydrogen) atoms. The van der Waals surface area contributed by atoms with Crippen LogP contribution in [0.25, 0.3) is 11.0 Å². The summed E-state index contributed by atoms with van der Waals surface area (Å²) < 4.78 is 38.8. The van der Waals surface area contributed by atoms with Gasteiger partial charge in [0.2, 0.25) is 0 Å². The SMILES string of the molecule is O=c1ccc2cc(S(=O)(=O)Nc3ccc(OC4CCCC4)cc3)ccc2o1. The molecule has 0 spiro atoms. The predicted octanol–water partition coefficient (Wildman–Crippen LogP) is 3.92. The highest BCUT2D eigenvalue weighted by atomic mass is 32.2. The Morgan fingerprint density at radius 1 is 0.963 bits per heavy atom. The summed E-state index contributed by atoms with van der Waals surface area (Å²) in [5, 5.41) is 0.540. The minimum Gasteiger partial charge on any atom is -0.490 e. The van der Waals surface area contributed by atoms with E-state index in [1.165, 1.54) is 43.2 Å². The Kier molecular flexibility index (Phi) is 4.61. The molecule has 0 unspecified atom stereocenters.